The lowest BCUT2D eigenvalue weighted by molar-refractivity contribution is 0.289. The van der Waals surface area contributed by atoms with Crippen LogP contribution in [0.25, 0.3) is 11.3 Å². The number of aliphatic hydroxyl groups excluding tert-OH is 1. The van der Waals surface area contributed by atoms with Crippen LogP contribution in [0.2, 0.25) is 5.02 Å². The minimum Gasteiger partial charge on any atom is -0.488 e. The van der Waals surface area contributed by atoms with E-state index in [2.05, 4.69) is 26.7 Å². The van der Waals surface area contributed by atoms with Gasteiger partial charge in [-0.15, -0.1) is 0 Å². The summed E-state index contributed by atoms with van der Waals surface area (Å²) in [4.78, 5) is 13.3. The van der Waals surface area contributed by atoms with E-state index < -0.39 is 0 Å². The van der Waals surface area contributed by atoms with E-state index in [1.807, 2.05) is 18.2 Å². The second-order valence-electron chi connectivity index (χ2n) is 7.60. The number of hydrogen-bond acceptors (Lipinski definition) is 6. The number of anilines is 3. The number of rotatable bonds is 8. The summed E-state index contributed by atoms with van der Waals surface area (Å²) in [7, 11) is 0. The number of hydrogen-bond donors (Lipinski definition) is 1. The Morgan fingerprint density at radius 2 is 2.06 bits per heavy atom. The first-order valence-corrected chi connectivity index (χ1v) is 11.2. The predicted octanol–water partition coefficient (Wildman–Crippen LogP) is 5.07. The topological polar surface area (TPSA) is 61.7 Å². The largest absolute Gasteiger partial charge is 0.488 e. The maximum absolute atomic E-state index is 14.4. The van der Waals surface area contributed by atoms with Gasteiger partial charge >= 0.3 is 0 Å². The first-order valence-electron chi connectivity index (χ1n) is 10.8. The molecule has 0 radical (unpaired) electrons. The first-order chi connectivity index (χ1) is 15.6. The van der Waals surface area contributed by atoms with Gasteiger partial charge < -0.3 is 19.6 Å². The Balaban J connectivity index is 1.70. The maximum atomic E-state index is 14.4. The minimum absolute atomic E-state index is 0.145. The third kappa shape index (κ3) is 4.79. The van der Waals surface area contributed by atoms with E-state index in [9.17, 15) is 9.50 Å². The summed E-state index contributed by atoms with van der Waals surface area (Å²) in [5.41, 5.74) is 2.62. The molecule has 168 valence electrons. The molecule has 0 saturated carbocycles. The molecule has 4 rings (SSSR count). The van der Waals surface area contributed by atoms with Gasteiger partial charge in [0.25, 0.3) is 0 Å². The molecule has 2 aromatic heterocycles. The number of aliphatic hydroxyl groups is 1. The van der Waals surface area contributed by atoms with E-state index in [1.165, 1.54) is 12.1 Å². The molecule has 3 heterocycles. The summed E-state index contributed by atoms with van der Waals surface area (Å²) >= 11 is 6.09. The van der Waals surface area contributed by atoms with Crippen LogP contribution in [0.3, 0.4) is 0 Å². The van der Waals surface area contributed by atoms with Crippen LogP contribution < -0.4 is 14.5 Å². The SMILES string of the molecule is CCCN(CCCO)c1cc(N2CCOc3cnc(-c4cc(Cl)ccc4F)cc32)ccn1. The molecule has 0 amide bonds. The van der Waals surface area contributed by atoms with Crippen molar-refractivity contribution in [2.45, 2.75) is 19.8 Å². The van der Waals surface area contributed by atoms with Crippen LogP contribution in [0.15, 0.2) is 48.8 Å². The summed E-state index contributed by atoms with van der Waals surface area (Å²) < 4.78 is 20.3. The monoisotopic (exact) mass is 456 g/mol. The summed E-state index contributed by atoms with van der Waals surface area (Å²) in [5, 5.41) is 9.70. The quantitative estimate of drug-likeness (QED) is 0.511. The molecule has 1 aliphatic heterocycles. The third-order valence-electron chi connectivity index (χ3n) is 5.36. The number of fused-ring (bicyclic) bond motifs is 1. The molecular weight excluding hydrogens is 431 g/mol. The van der Waals surface area contributed by atoms with Crippen molar-refractivity contribution in [3.63, 3.8) is 0 Å². The lowest BCUT2D eigenvalue weighted by Gasteiger charge is -2.32. The summed E-state index contributed by atoms with van der Waals surface area (Å²) in [6.07, 6.45) is 5.09. The van der Waals surface area contributed by atoms with E-state index >= 15 is 0 Å². The molecule has 32 heavy (non-hydrogen) atoms. The Bertz CT molecular complexity index is 1080. The van der Waals surface area contributed by atoms with E-state index in [0.717, 1.165) is 36.7 Å². The highest BCUT2D eigenvalue weighted by atomic mass is 35.5. The molecule has 0 bridgehead atoms. The molecule has 0 atom stereocenters. The maximum Gasteiger partial charge on any atom is 0.161 e. The Morgan fingerprint density at radius 3 is 2.88 bits per heavy atom. The Kier molecular flexibility index (Phi) is 7.07. The predicted molar refractivity (Wildman–Crippen MR) is 126 cm³/mol. The lowest BCUT2D eigenvalue weighted by Crippen LogP contribution is -2.30. The molecule has 8 heteroatoms. The Labute approximate surface area is 192 Å². The highest BCUT2D eigenvalue weighted by Gasteiger charge is 2.23. The van der Waals surface area contributed by atoms with Crippen LogP contribution in [0.1, 0.15) is 19.8 Å². The second kappa shape index (κ2) is 10.1. The number of halogens is 2. The Hall–Kier alpha value is -2.90. The van der Waals surface area contributed by atoms with Gasteiger partial charge in [-0.1, -0.05) is 18.5 Å². The first kappa shape index (κ1) is 22.3. The Morgan fingerprint density at radius 1 is 1.19 bits per heavy atom. The van der Waals surface area contributed by atoms with Crippen LogP contribution in [0.5, 0.6) is 5.75 Å². The van der Waals surface area contributed by atoms with Crippen LogP contribution in [-0.2, 0) is 0 Å². The van der Waals surface area contributed by atoms with E-state index in [-0.39, 0.29) is 12.4 Å². The van der Waals surface area contributed by atoms with Crippen molar-refractivity contribution in [1.82, 2.24) is 9.97 Å². The van der Waals surface area contributed by atoms with Gasteiger partial charge in [-0.3, -0.25) is 4.98 Å². The van der Waals surface area contributed by atoms with Crippen molar-refractivity contribution in [3.05, 3.63) is 59.6 Å². The summed E-state index contributed by atoms with van der Waals surface area (Å²) in [6, 6.07) is 10.3. The van der Waals surface area contributed by atoms with Gasteiger partial charge in [0.2, 0.25) is 0 Å². The zero-order valence-electron chi connectivity index (χ0n) is 18.0. The number of benzene rings is 1. The fourth-order valence-corrected chi connectivity index (χ4v) is 4.02. The van der Waals surface area contributed by atoms with Crippen molar-refractivity contribution < 1.29 is 14.2 Å². The van der Waals surface area contributed by atoms with Gasteiger partial charge in [-0.25, -0.2) is 9.37 Å². The van der Waals surface area contributed by atoms with Gasteiger partial charge in [0.15, 0.2) is 5.75 Å². The molecule has 3 aromatic rings. The molecule has 0 unspecified atom stereocenters. The molecule has 1 aromatic carbocycles. The van der Waals surface area contributed by atoms with Crippen molar-refractivity contribution in [2.24, 2.45) is 0 Å². The number of ether oxygens (including phenoxy) is 1. The van der Waals surface area contributed by atoms with E-state index in [4.69, 9.17) is 16.3 Å². The fraction of sp³-hybridized carbons (Fsp3) is 0.333. The zero-order valence-corrected chi connectivity index (χ0v) is 18.7. The van der Waals surface area contributed by atoms with E-state index in [0.29, 0.717) is 41.6 Å². The minimum atomic E-state index is -0.379. The van der Waals surface area contributed by atoms with Gasteiger partial charge in [0.05, 0.1) is 24.1 Å². The van der Waals surface area contributed by atoms with Crippen LogP contribution in [-0.4, -0.2) is 47.9 Å². The molecule has 6 nitrogen and oxygen atoms in total. The van der Waals surface area contributed by atoms with Crippen molar-refractivity contribution in [3.8, 4) is 17.0 Å². The normalized spacial score (nSPS) is 12.9. The van der Waals surface area contributed by atoms with Gasteiger partial charge in [0.1, 0.15) is 18.2 Å². The average molecular weight is 457 g/mol. The molecule has 0 aliphatic carbocycles. The highest BCUT2D eigenvalue weighted by Crippen LogP contribution is 2.39. The van der Waals surface area contributed by atoms with Crippen molar-refractivity contribution >= 4 is 28.8 Å². The lowest BCUT2D eigenvalue weighted by atomic mass is 10.1. The number of pyridine rings is 2. The summed E-state index contributed by atoms with van der Waals surface area (Å²) in [6.45, 7) is 5.02. The zero-order chi connectivity index (χ0) is 22.5. The van der Waals surface area contributed by atoms with Crippen molar-refractivity contribution in [2.75, 3.05) is 42.6 Å². The van der Waals surface area contributed by atoms with Gasteiger partial charge in [-0.05, 0) is 43.2 Å². The van der Waals surface area contributed by atoms with E-state index in [1.54, 1.807) is 18.5 Å². The third-order valence-corrected chi connectivity index (χ3v) is 5.59. The molecule has 1 aliphatic rings. The average Bonchev–Trinajstić information content (AvgIpc) is 2.82. The smallest absolute Gasteiger partial charge is 0.161 e. The van der Waals surface area contributed by atoms with Crippen molar-refractivity contribution in [1.29, 1.82) is 0 Å². The molecular formula is C24H26ClFN4O2. The summed E-state index contributed by atoms with van der Waals surface area (Å²) in [5.74, 6) is 1.13. The van der Waals surface area contributed by atoms with Gasteiger partial charge in [-0.2, -0.15) is 0 Å². The highest BCUT2D eigenvalue weighted by molar-refractivity contribution is 6.30. The van der Waals surface area contributed by atoms with Crippen LogP contribution in [0, 0.1) is 5.82 Å². The van der Waals surface area contributed by atoms with Crippen LogP contribution in [0.4, 0.5) is 21.6 Å². The van der Waals surface area contributed by atoms with Crippen LogP contribution >= 0.6 is 11.6 Å². The number of aromatic nitrogens is 2. The number of nitrogens with zero attached hydrogens (tertiary/aromatic N) is 4. The molecule has 0 saturated heterocycles. The molecule has 0 spiro atoms. The molecule has 1 N–H and O–H groups in total. The standard InChI is InChI=1S/C24H26ClFN4O2/c1-2-8-29(9-3-11-31)24-14-18(6-7-27-24)30-10-12-32-23-16-28-21(15-22(23)30)19-13-17(25)4-5-20(19)26/h4-7,13-16,31H,2-3,8-12H2,1H3. The van der Waals surface area contributed by atoms with Gasteiger partial charge in [0, 0.05) is 48.2 Å². The molecule has 0 fully saturated rings. The second-order valence-corrected chi connectivity index (χ2v) is 8.03. The fourth-order valence-electron chi connectivity index (χ4n) is 3.85.